The van der Waals surface area contributed by atoms with Gasteiger partial charge in [0.1, 0.15) is 12.1 Å². The fourth-order valence-corrected chi connectivity index (χ4v) is 2.36. The van der Waals surface area contributed by atoms with E-state index in [-0.39, 0.29) is 11.4 Å². The first kappa shape index (κ1) is 14.1. The van der Waals surface area contributed by atoms with E-state index in [9.17, 15) is 4.39 Å². The van der Waals surface area contributed by atoms with E-state index in [1.807, 2.05) is 6.07 Å². The Labute approximate surface area is 116 Å². The molecule has 0 radical (unpaired) electrons. The fraction of sp³-hybridized carbons (Fsp3) is 0.357. The van der Waals surface area contributed by atoms with Gasteiger partial charge in [-0.2, -0.15) is 0 Å². The molecular weight excluding hydrogens is 263 g/mol. The van der Waals surface area contributed by atoms with E-state index in [4.69, 9.17) is 4.42 Å². The average molecular weight is 280 g/mol. The summed E-state index contributed by atoms with van der Waals surface area (Å²) in [4.78, 5) is 4.86. The predicted octanol–water partition coefficient (Wildman–Crippen LogP) is 3.85. The molecule has 0 unspecified atom stereocenters. The summed E-state index contributed by atoms with van der Waals surface area (Å²) in [7, 11) is 0. The number of rotatable bonds is 4. The van der Waals surface area contributed by atoms with Crippen molar-refractivity contribution in [1.82, 2.24) is 10.3 Å². The van der Waals surface area contributed by atoms with Crippen LogP contribution in [0.2, 0.25) is 0 Å². The van der Waals surface area contributed by atoms with E-state index >= 15 is 0 Å². The molecule has 1 aromatic heterocycles. The van der Waals surface area contributed by atoms with Crippen molar-refractivity contribution in [3.05, 3.63) is 42.0 Å². The minimum Gasteiger partial charge on any atom is -0.440 e. The quantitative estimate of drug-likeness (QED) is 0.923. The van der Waals surface area contributed by atoms with Gasteiger partial charge < -0.3 is 9.73 Å². The van der Waals surface area contributed by atoms with Crippen LogP contribution in [0, 0.1) is 5.82 Å². The highest BCUT2D eigenvalue weighted by Gasteiger charge is 2.15. The molecule has 0 fully saturated rings. The zero-order valence-corrected chi connectivity index (χ0v) is 12.1. The molecule has 0 spiro atoms. The van der Waals surface area contributed by atoms with Crippen LogP contribution in [0.25, 0.3) is 0 Å². The van der Waals surface area contributed by atoms with Gasteiger partial charge in [-0.15, -0.1) is 0 Å². The first-order valence-corrected chi connectivity index (χ1v) is 6.87. The molecule has 0 atom stereocenters. The van der Waals surface area contributed by atoms with Crippen LogP contribution in [0.1, 0.15) is 26.3 Å². The number of oxazole rings is 1. The van der Waals surface area contributed by atoms with Gasteiger partial charge in [0.05, 0.1) is 6.20 Å². The van der Waals surface area contributed by atoms with Crippen LogP contribution in [0.5, 0.6) is 0 Å². The summed E-state index contributed by atoms with van der Waals surface area (Å²) in [6.07, 6.45) is 3.09. The molecule has 0 saturated carbocycles. The Bertz CT molecular complexity index is 535. The van der Waals surface area contributed by atoms with Crippen LogP contribution in [-0.4, -0.2) is 10.5 Å². The molecule has 2 aromatic rings. The van der Waals surface area contributed by atoms with Gasteiger partial charge in [0, 0.05) is 22.5 Å². The van der Waals surface area contributed by atoms with Crippen molar-refractivity contribution in [2.24, 2.45) is 0 Å². The second kappa shape index (κ2) is 5.75. The maximum atomic E-state index is 13.9. The molecule has 1 aromatic carbocycles. The molecule has 2 rings (SSSR count). The second-order valence-electron chi connectivity index (χ2n) is 5.22. The smallest absolute Gasteiger partial charge is 0.260 e. The maximum Gasteiger partial charge on any atom is 0.260 e. The Hall–Kier alpha value is -1.33. The lowest BCUT2D eigenvalue weighted by molar-refractivity contribution is 0.416. The summed E-state index contributed by atoms with van der Waals surface area (Å²) in [5, 5.41) is 3.81. The highest BCUT2D eigenvalue weighted by Crippen LogP contribution is 2.30. The fourth-order valence-electron chi connectivity index (χ4n) is 1.51. The summed E-state index contributed by atoms with van der Waals surface area (Å²) >= 11 is 1.33. The molecule has 1 N–H and O–H groups in total. The lowest BCUT2D eigenvalue weighted by Crippen LogP contribution is -2.35. The SMILES string of the molecule is CC(C)(C)NCc1c(F)cccc1Sc1ncco1. The first-order chi connectivity index (χ1) is 8.96. The minimum absolute atomic E-state index is 0.0624. The van der Waals surface area contributed by atoms with E-state index in [0.29, 0.717) is 17.3 Å². The zero-order chi connectivity index (χ0) is 13.9. The highest BCUT2D eigenvalue weighted by molar-refractivity contribution is 7.99. The number of nitrogens with zero attached hydrogens (tertiary/aromatic N) is 1. The van der Waals surface area contributed by atoms with Gasteiger partial charge in [-0.3, -0.25) is 0 Å². The minimum atomic E-state index is -0.215. The van der Waals surface area contributed by atoms with Crippen molar-refractivity contribution >= 4 is 11.8 Å². The highest BCUT2D eigenvalue weighted by atomic mass is 32.2. The van der Waals surface area contributed by atoms with Crippen molar-refractivity contribution in [2.45, 2.75) is 43.0 Å². The van der Waals surface area contributed by atoms with E-state index in [0.717, 1.165) is 4.90 Å². The third-order valence-corrected chi connectivity index (χ3v) is 3.46. The van der Waals surface area contributed by atoms with Crippen molar-refractivity contribution in [3.63, 3.8) is 0 Å². The predicted molar refractivity (Wildman–Crippen MR) is 73.6 cm³/mol. The number of hydrogen-bond donors (Lipinski definition) is 1. The van der Waals surface area contributed by atoms with Crippen molar-refractivity contribution < 1.29 is 8.81 Å². The summed E-state index contributed by atoms with van der Waals surface area (Å²) in [6.45, 7) is 6.62. The van der Waals surface area contributed by atoms with Crippen molar-refractivity contribution in [2.75, 3.05) is 0 Å². The summed E-state index contributed by atoms with van der Waals surface area (Å²) in [5.74, 6) is -0.215. The molecule has 19 heavy (non-hydrogen) atoms. The third kappa shape index (κ3) is 4.08. The Morgan fingerprint density at radius 2 is 2.16 bits per heavy atom. The van der Waals surface area contributed by atoms with E-state index in [1.165, 1.54) is 24.1 Å². The van der Waals surface area contributed by atoms with E-state index in [1.54, 1.807) is 12.3 Å². The molecule has 0 amide bonds. The average Bonchev–Trinajstić information content (AvgIpc) is 2.79. The number of aromatic nitrogens is 1. The number of halogens is 1. The van der Waals surface area contributed by atoms with Crippen LogP contribution in [0.15, 0.2) is 45.2 Å². The number of nitrogens with one attached hydrogen (secondary N) is 1. The van der Waals surface area contributed by atoms with Crippen LogP contribution in [-0.2, 0) is 6.54 Å². The molecular formula is C14H17FN2OS. The standard InChI is InChI=1S/C14H17FN2OS/c1-14(2,3)17-9-10-11(15)5-4-6-12(10)19-13-16-7-8-18-13/h4-8,17H,9H2,1-3H3. The summed E-state index contributed by atoms with van der Waals surface area (Å²) < 4.78 is 19.1. The van der Waals surface area contributed by atoms with Crippen LogP contribution >= 0.6 is 11.8 Å². The van der Waals surface area contributed by atoms with Gasteiger partial charge in [0.15, 0.2) is 0 Å². The first-order valence-electron chi connectivity index (χ1n) is 6.05. The largest absolute Gasteiger partial charge is 0.440 e. The third-order valence-electron chi connectivity index (χ3n) is 2.48. The summed E-state index contributed by atoms with van der Waals surface area (Å²) in [5.41, 5.74) is 0.577. The van der Waals surface area contributed by atoms with Gasteiger partial charge in [0.2, 0.25) is 0 Å². The maximum absolute atomic E-state index is 13.9. The zero-order valence-electron chi connectivity index (χ0n) is 11.2. The summed E-state index contributed by atoms with van der Waals surface area (Å²) in [6, 6.07) is 5.04. The molecule has 0 aliphatic heterocycles. The Kier molecular flexibility index (Phi) is 4.27. The van der Waals surface area contributed by atoms with Gasteiger partial charge >= 0.3 is 0 Å². The van der Waals surface area contributed by atoms with Crippen LogP contribution in [0.3, 0.4) is 0 Å². The van der Waals surface area contributed by atoms with E-state index in [2.05, 4.69) is 31.1 Å². The molecule has 3 nitrogen and oxygen atoms in total. The van der Waals surface area contributed by atoms with Gasteiger partial charge in [-0.1, -0.05) is 6.07 Å². The van der Waals surface area contributed by atoms with Crippen molar-refractivity contribution in [1.29, 1.82) is 0 Å². The second-order valence-corrected chi connectivity index (χ2v) is 6.21. The normalized spacial score (nSPS) is 11.8. The molecule has 102 valence electrons. The molecule has 0 saturated heterocycles. The monoisotopic (exact) mass is 280 g/mol. The molecule has 0 bridgehead atoms. The Balaban J connectivity index is 2.20. The number of benzene rings is 1. The lowest BCUT2D eigenvalue weighted by atomic mass is 10.1. The van der Waals surface area contributed by atoms with Gasteiger partial charge in [-0.05, 0) is 44.7 Å². The Morgan fingerprint density at radius 1 is 1.37 bits per heavy atom. The Morgan fingerprint density at radius 3 is 2.79 bits per heavy atom. The van der Waals surface area contributed by atoms with E-state index < -0.39 is 0 Å². The van der Waals surface area contributed by atoms with Gasteiger partial charge in [0.25, 0.3) is 5.22 Å². The van der Waals surface area contributed by atoms with Gasteiger partial charge in [-0.25, -0.2) is 9.37 Å². The molecule has 5 heteroatoms. The van der Waals surface area contributed by atoms with Crippen molar-refractivity contribution in [3.8, 4) is 0 Å². The molecule has 0 aliphatic rings. The van der Waals surface area contributed by atoms with Crippen LogP contribution in [0.4, 0.5) is 4.39 Å². The topological polar surface area (TPSA) is 38.1 Å². The molecule has 1 heterocycles. The van der Waals surface area contributed by atoms with Crippen LogP contribution < -0.4 is 5.32 Å². The lowest BCUT2D eigenvalue weighted by Gasteiger charge is -2.21. The molecule has 0 aliphatic carbocycles. The number of hydrogen-bond acceptors (Lipinski definition) is 4.